The molecule has 3 amide bonds. The van der Waals surface area contributed by atoms with Crippen LogP contribution in [-0.2, 0) is 28.7 Å². The number of benzene rings is 3. The normalized spacial score (nSPS) is 24.6. The first-order chi connectivity index (χ1) is 24.6. The SMILES string of the molecule is C=CCCC(=O)NC[C@H](OC(=O)[C@@H]1[C@@H]2CC[C@]3(O2)[C@H](C(=O)N(CC=C)c2ccc4ccccc4c2)N([C@@H](CO)C(C)C)C(=O)[C@@H]13)c1ccccc1. The maximum absolute atomic E-state index is 15.0. The topological polar surface area (TPSA) is 125 Å². The second kappa shape index (κ2) is 15.2. The maximum atomic E-state index is 15.0. The fourth-order valence-electron chi connectivity index (χ4n) is 8.20. The summed E-state index contributed by atoms with van der Waals surface area (Å²) in [6, 6.07) is 21.0. The molecule has 0 aromatic heterocycles. The lowest BCUT2D eigenvalue weighted by molar-refractivity contribution is -0.161. The molecule has 3 aromatic rings. The maximum Gasteiger partial charge on any atom is 0.313 e. The predicted octanol–water partition coefficient (Wildman–Crippen LogP) is 5.12. The number of aliphatic hydroxyl groups excluding tert-OH is 1. The number of hydrogen-bond donors (Lipinski definition) is 2. The molecule has 268 valence electrons. The van der Waals surface area contributed by atoms with Crippen molar-refractivity contribution in [3.63, 3.8) is 0 Å². The Bertz CT molecular complexity index is 1790. The molecular formula is C41H47N3O7. The number of hydrogen-bond acceptors (Lipinski definition) is 7. The third-order valence-corrected chi connectivity index (χ3v) is 10.7. The number of allylic oxidation sites excluding steroid dienone is 1. The van der Waals surface area contributed by atoms with Crippen molar-refractivity contribution in [2.45, 2.75) is 69.4 Å². The molecule has 51 heavy (non-hydrogen) atoms. The Labute approximate surface area is 299 Å². The summed E-state index contributed by atoms with van der Waals surface area (Å²) in [5.41, 5.74) is 0.0272. The molecule has 0 radical (unpaired) electrons. The minimum Gasteiger partial charge on any atom is -0.455 e. The van der Waals surface area contributed by atoms with E-state index in [4.69, 9.17) is 9.47 Å². The third kappa shape index (κ3) is 6.70. The molecule has 7 atom stereocenters. The second-order valence-corrected chi connectivity index (χ2v) is 14.0. The Balaban J connectivity index is 1.35. The van der Waals surface area contributed by atoms with E-state index in [0.717, 1.165) is 10.8 Å². The minimum atomic E-state index is -1.30. The van der Waals surface area contributed by atoms with Crippen molar-refractivity contribution in [2.75, 3.05) is 24.6 Å². The quantitative estimate of drug-likeness (QED) is 0.167. The van der Waals surface area contributed by atoms with Gasteiger partial charge in [0, 0.05) is 18.7 Å². The molecule has 1 spiro atoms. The molecule has 0 unspecified atom stereocenters. The summed E-state index contributed by atoms with van der Waals surface area (Å²) >= 11 is 0. The fourth-order valence-corrected chi connectivity index (χ4v) is 8.20. The first-order valence-corrected chi connectivity index (χ1v) is 17.8. The number of anilines is 1. The third-order valence-electron chi connectivity index (χ3n) is 10.7. The summed E-state index contributed by atoms with van der Waals surface area (Å²) in [6.45, 7) is 11.2. The molecule has 3 saturated heterocycles. The molecule has 0 aliphatic carbocycles. The van der Waals surface area contributed by atoms with Gasteiger partial charge in [-0.1, -0.05) is 86.7 Å². The van der Waals surface area contributed by atoms with E-state index < -0.39 is 53.6 Å². The number of amides is 3. The lowest BCUT2D eigenvalue weighted by Gasteiger charge is -2.40. The van der Waals surface area contributed by atoms with Gasteiger partial charge in [-0.2, -0.15) is 0 Å². The van der Waals surface area contributed by atoms with Crippen LogP contribution in [0.1, 0.15) is 51.2 Å². The number of aliphatic hydroxyl groups is 1. The van der Waals surface area contributed by atoms with E-state index in [1.54, 1.807) is 17.1 Å². The lowest BCUT2D eigenvalue weighted by atomic mass is 9.70. The highest BCUT2D eigenvalue weighted by Gasteiger charge is 2.76. The van der Waals surface area contributed by atoms with Crippen LogP contribution in [0.4, 0.5) is 5.69 Å². The highest BCUT2D eigenvalue weighted by molar-refractivity contribution is 6.05. The van der Waals surface area contributed by atoms with Crippen LogP contribution >= 0.6 is 0 Å². The number of fused-ring (bicyclic) bond motifs is 2. The van der Waals surface area contributed by atoms with Crippen molar-refractivity contribution in [3.05, 3.63) is 104 Å². The van der Waals surface area contributed by atoms with E-state index in [-0.39, 0.29) is 43.8 Å². The zero-order chi connectivity index (χ0) is 36.3. The van der Waals surface area contributed by atoms with Crippen molar-refractivity contribution in [1.29, 1.82) is 0 Å². The van der Waals surface area contributed by atoms with E-state index in [9.17, 15) is 19.5 Å². The predicted molar refractivity (Wildman–Crippen MR) is 194 cm³/mol. The van der Waals surface area contributed by atoms with Crippen LogP contribution < -0.4 is 10.2 Å². The average Bonchev–Trinajstić information content (AvgIpc) is 3.79. The first-order valence-electron chi connectivity index (χ1n) is 17.8. The Kier molecular flexibility index (Phi) is 10.7. The Morgan fingerprint density at radius 2 is 1.78 bits per heavy atom. The summed E-state index contributed by atoms with van der Waals surface area (Å²) in [5, 5.41) is 15.5. The molecule has 3 aliphatic heterocycles. The molecule has 3 aromatic carbocycles. The van der Waals surface area contributed by atoms with Crippen molar-refractivity contribution in [3.8, 4) is 0 Å². The zero-order valence-electron chi connectivity index (χ0n) is 29.3. The van der Waals surface area contributed by atoms with Crippen LogP contribution in [0.15, 0.2) is 98.1 Å². The standard InChI is InChI=1S/C41H47N3O7/c1-5-7-17-34(46)42-24-33(28-14-9-8-10-15-28)50-40(49)35-32-20-21-41(51-32)36(35)38(47)44(31(25-45)26(3)4)37(41)39(48)43(22-6-2)30-19-18-27-13-11-12-16-29(27)23-30/h5-6,8-16,18-19,23,26,31-33,35-37,45H,1-2,7,17,20-22,24-25H2,3-4H3,(H,42,46)/t31-,32-,33-,35+,36+,37-,41+/m0/s1. The molecular weight excluding hydrogens is 646 g/mol. The summed E-state index contributed by atoms with van der Waals surface area (Å²) in [5.74, 6) is -3.76. The van der Waals surface area contributed by atoms with Gasteiger partial charge in [-0.3, -0.25) is 19.2 Å². The molecule has 0 saturated carbocycles. The number of carbonyl (C=O) groups excluding carboxylic acids is 4. The molecule has 6 rings (SSSR count). The monoisotopic (exact) mass is 693 g/mol. The molecule has 3 fully saturated rings. The van der Waals surface area contributed by atoms with Crippen LogP contribution in [0.5, 0.6) is 0 Å². The van der Waals surface area contributed by atoms with E-state index in [1.807, 2.05) is 86.6 Å². The summed E-state index contributed by atoms with van der Waals surface area (Å²) in [7, 11) is 0. The zero-order valence-corrected chi connectivity index (χ0v) is 29.3. The fraction of sp³-hybridized carbons (Fsp3) is 0.415. The van der Waals surface area contributed by atoms with Crippen molar-refractivity contribution >= 4 is 40.2 Å². The van der Waals surface area contributed by atoms with E-state index in [0.29, 0.717) is 30.5 Å². The van der Waals surface area contributed by atoms with E-state index in [2.05, 4.69) is 18.5 Å². The van der Waals surface area contributed by atoms with Gasteiger partial charge in [-0.15, -0.1) is 13.2 Å². The molecule has 2 N–H and O–H groups in total. The van der Waals surface area contributed by atoms with Gasteiger partial charge in [0.15, 0.2) is 0 Å². The van der Waals surface area contributed by atoms with E-state index >= 15 is 4.79 Å². The van der Waals surface area contributed by atoms with Crippen LogP contribution in [-0.4, -0.2) is 77.2 Å². The highest BCUT2D eigenvalue weighted by Crippen LogP contribution is 2.59. The number of nitrogens with one attached hydrogen (secondary N) is 1. The minimum absolute atomic E-state index is 0.0448. The molecule has 3 heterocycles. The Morgan fingerprint density at radius 1 is 1.06 bits per heavy atom. The largest absolute Gasteiger partial charge is 0.455 e. The Hall–Kier alpha value is -4.80. The molecule has 3 aliphatic rings. The van der Waals surface area contributed by atoms with Crippen LogP contribution in [0.25, 0.3) is 10.8 Å². The number of esters is 1. The van der Waals surface area contributed by atoms with Gasteiger partial charge < -0.3 is 29.7 Å². The van der Waals surface area contributed by atoms with Gasteiger partial charge in [0.2, 0.25) is 11.8 Å². The highest BCUT2D eigenvalue weighted by atomic mass is 16.6. The van der Waals surface area contributed by atoms with Crippen LogP contribution in [0.3, 0.4) is 0 Å². The van der Waals surface area contributed by atoms with Gasteiger partial charge in [0.05, 0.1) is 37.1 Å². The molecule has 2 bridgehead atoms. The second-order valence-electron chi connectivity index (χ2n) is 14.0. The van der Waals surface area contributed by atoms with Crippen LogP contribution in [0, 0.1) is 17.8 Å². The number of carbonyl (C=O) groups is 4. The van der Waals surface area contributed by atoms with Gasteiger partial charge in [-0.05, 0) is 53.6 Å². The number of ether oxygens (including phenoxy) is 2. The number of likely N-dealkylation sites (tertiary alicyclic amines) is 1. The van der Waals surface area contributed by atoms with Crippen molar-refractivity contribution < 1.29 is 33.8 Å². The van der Waals surface area contributed by atoms with Gasteiger partial charge in [0.25, 0.3) is 5.91 Å². The molecule has 10 heteroatoms. The van der Waals surface area contributed by atoms with Crippen LogP contribution in [0.2, 0.25) is 0 Å². The number of nitrogens with zero attached hydrogens (tertiary/aromatic N) is 2. The van der Waals surface area contributed by atoms with Crippen molar-refractivity contribution in [2.24, 2.45) is 17.8 Å². The van der Waals surface area contributed by atoms with Crippen molar-refractivity contribution in [1.82, 2.24) is 10.2 Å². The van der Waals surface area contributed by atoms with E-state index in [1.165, 1.54) is 4.90 Å². The summed E-state index contributed by atoms with van der Waals surface area (Å²) < 4.78 is 12.9. The van der Waals surface area contributed by atoms with Gasteiger partial charge in [-0.25, -0.2) is 0 Å². The van der Waals surface area contributed by atoms with Gasteiger partial charge >= 0.3 is 5.97 Å². The summed E-state index contributed by atoms with van der Waals surface area (Å²) in [4.78, 5) is 59.7. The number of rotatable bonds is 15. The van der Waals surface area contributed by atoms with Gasteiger partial charge in [0.1, 0.15) is 17.7 Å². The summed E-state index contributed by atoms with van der Waals surface area (Å²) in [6.07, 6.45) is 3.47. The molecule has 10 nitrogen and oxygen atoms in total. The lowest BCUT2D eigenvalue weighted by Crippen LogP contribution is -2.59. The Morgan fingerprint density at radius 3 is 2.47 bits per heavy atom. The average molecular weight is 694 g/mol. The first kappa shape index (κ1) is 36.0. The smallest absolute Gasteiger partial charge is 0.313 e.